The van der Waals surface area contributed by atoms with E-state index in [4.69, 9.17) is 4.42 Å². The molecule has 0 spiro atoms. The molecule has 2 aliphatic heterocycles. The maximum Gasteiger partial charge on any atom is 0.134 e. The van der Waals surface area contributed by atoms with Crippen LogP contribution in [0.1, 0.15) is 31.6 Å². The first-order chi connectivity index (χ1) is 10.2. The Bertz CT molecular complexity index is 639. The third kappa shape index (κ3) is 2.54. The van der Waals surface area contributed by atoms with Gasteiger partial charge in [0.2, 0.25) is 0 Å². The van der Waals surface area contributed by atoms with Crippen LogP contribution in [-0.2, 0) is 0 Å². The third-order valence-corrected chi connectivity index (χ3v) is 5.58. The zero-order valence-corrected chi connectivity index (χ0v) is 13.9. The molecule has 2 saturated heterocycles. The van der Waals surface area contributed by atoms with Crippen molar-refractivity contribution in [3.8, 4) is 0 Å². The standard InChI is InChI=1S/C17H21BrN2O/c1-11(20-9-12-3-2-6-19-15(12)10-20)17-8-13-7-14(18)4-5-16(13)21-17/h4-5,7-8,11-12,15,19H,2-3,6,9-10H2,1H3. The van der Waals surface area contributed by atoms with Crippen molar-refractivity contribution in [2.75, 3.05) is 19.6 Å². The van der Waals surface area contributed by atoms with Crippen LogP contribution in [0.15, 0.2) is 33.2 Å². The van der Waals surface area contributed by atoms with Gasteiger partial charge in [-0.25, -0.2) is 0 Å². The normalized spacial score (nSPS) is 27.9. The number of hydrogen-bond donors (Lipinski definition) is 1. The van der Waals surface area contributed by atoms with E-state index in [-0.39, 0.29) is 0 Å². The molecule has 2 aliphatic rings. The van der Waals surface area contributed by atoms with E-state index in [1.165, 1.54) is 31.3 Å². The topological polar surface area (TPSA) is 28.4 Å². The van der Waals surface area contributed by atoms with Gasteiger partial charge in [0.1, 0.15) is 11.3 Å². The Morgan fingerprint density at radius 3 is 3.10 bits per heavy atom. The largest absolute Gasteiger partial charge is 0.459 e. The number of hydrogen-bond acceptors (Lipinski definition) is 3. The predicted molar refractivity (Wildman–Crippen MR) is 88.4 cm³/mol. The van der Waals surface area contributed by atoms with E-state index in [0.717, 1.165) is 28.3 Å². The van der Waals surface area contributed by atoms with Gasteiger partial charge in [0.25, 0.3) is 0 Å². The first-order valence-corrected chi connectivity index (χ1v) is 8.66. The summed E-state index contributed by atoms with van der Waals surface area (Å²) in [6.45, 7) is 5.79. The smallest absolute Gasteiger partial charge is 0.134 e. The maximum atomic E-state index is 6.07. The molecule has 1 aromatic carbocycles. The molecular formula is C17H21BrN2O. The molecule has 3 atom stereocenters. The minimum Gasteiger partial charge on any atom is -0.459 e. The number of halogens is 1. The molecule has 0 aliphatic carbocycles. The summed E-state index contributed by atoms with van der Waals surface area (Å²) < 4.78 is 7.17. The number of likely N-dealkylation sites (tertiary alicyclic amines) is 1. The average molecular weight is 349 g/mol. The van der Waals surface area contributed by atoms with Crippen molar-refractivity contribution in [2.24, 2.45) is 5.92 Å². The zero-order chi connectivity index (χ0) is 14.4. The van der Waals surface area contributed by atoms with E-state index in [1.807, 2.05) is 12.1 Å². The molecule has 4 rings (SSSR count). The summed E-state index contributed by atoms with van der Waals surface area (Å²) in [6.07, 6.45) is 2.69. The summed E-state index contributed by atoms with van der Waals surface area (Å²) >= 11 is 3.53. The molecule has 0 bridgehead atoms. The molecule has 0 amide bonds. The summed E-state index contributed by atoms with van der Waals surface area (Å²) in [5.41, 5.74) is 0.981. The van der Waals surface area contributed by atoms with E-state index in [2.05, 4.69) is 45.2 Å². The minimum atomic E-state index is 0.351. The lowest BCUT2D eigenvalue weighted by molar-refractivity contribution is 0.225. The summed E-state index contributed by atoms with van der Waals surface area (Å²) in [7, 11) is 0. The Hall–Kier alpha value is -0.840. The number of nitrogens with zero attached hydrogens (tertiary/aromatic N) is 1. The highest BCUT2D eigenvalue weighted by molar-refractivity contribution is 9.10. The van der Waals surface area contributed by atoms with Crippen molar-refractivity contribution in [3.63, 3.8) is 0 Å². The van der Waals surface area contributed by atoms with Crippen LogP contribution >= 0.6 is 15.9 Å². The van der Waals surface area contributed by atoms with Gasteiger partial charge in [-0.05, 0) is 56.5 Å². The Labute approximate surface area is 133 Å². The fraction of sp³-hybridized carbons (Fsp3) is 0.529. The Morgan fingerprint density at radius 1 is 1.33 bits per heavy atom. The van der Waals surface area contributed by atoms with E-state index >= 15 is 0 Å². The zero-order valence-electron chi connectivity index (χ0n) is 12.3. The monoisotopic (exact) mass is 348 g/mol. The van der Waals surface area contributed by atoms with Crippen molar-refractivity contribution in [3.05, 3.63) is 34.5 Å². The lowest BCUT2D eigenvalue weighted by Gasteiger charge is -2.24. The van der Waals surface area contributed by atoms with Crippen LogP contribution in [0.2, 0.25) is 0 Å². The fourth-order valence-corrected chi connectivity index (χ4v) is 4.20. The molecule has 0 radical (unpaired) electrons. The Balaban J connectivity index is 1.57. The van der Waals surface area contributed by atoms with Crippen LogP contribution in [0, 0.1) is 5.92 Å². The molecule has 2 fully saturated rings. The molecular weight excluding hydrogens is 328 g/mol. The molecule has 21 heavy (non-hydrogen) atoms. The molecule has 0 saturated carbocycles. The first-order valence-electron chi connectivity index (χ1n) is 7.87. The van der Waals surface area contributed by atoms with Gasteiger partial charge in [-0.1, -0.05) is 15.9 Å². The number of rotatable bonds is 2. The lowest BCUT2D eigenvalue weighted by atomic mass is 9.94. The second-order valence-corrected chi connectivity index (χ2v) is 7.34. The summed E-state index contributed by atoms with van der Waals surface area (Å²) in [5.74, 6) is 1.90. The number of benzene rings is 1. The van der Waals surface area contributed by atoms with Crippen LogP contribution in [-0.4, -0.2) is 30.6 Å². The Kier molecular flexibility index (Phi) is 3.56. The number of piperidine rings is 1. The lowest BCUT2D eigenvalue weighted by Crippen LogP contribution is -2.40. The highest BCUT2D eigenvalue weighted by Crippen LogP contribution is 2.34. The van der Waals surface area contributed by atoms with Gasteiger partial charge in [-0.3, -0.25) is 4.90 Å². The molecule has 3 nitrogen and oxygen atoms in total. The van der Waals surface area contributed by atoms with Crippen molar-refractivity contribution < 1.29 is 4.42 Å². The number of fused-ring (bicyclic) bond motifs is 2. The summed E-state index contributed by atoms with van der Waals surface area (Å²) in [5, 5.41) is 4.85. The van der Waals surface area contributed by atoms with Crippen LogP contribution in [0.25, 0.3) is 11.0 Å². The van der Waals surface area contributed by atoms with Gasteiger partial charge < -0.3 is 9.73 Å². The van der Waals surface area contributed by atoms with E-state index in [9.17, 15) is 0 Å². The van der Waals surface area contributed by atoms with E-state index in [1.54, 1.807) is 0 Å². The minimum absolute atomic E-state index is 0.351. The highest BCUT2D eigenvalue weighted by atomic mass is 79.9. The molecule has 112 valence electrons. The molecule has 2 aromatic rings. The SMILES string of the molecule is CC(c1cc2cc(Br)ccc2o1)N1CC2CCCNC2C1. The van der Waals surface area contributed by atoms with Gasteiger partial charge in [0.05, 0.1) is 6.04 Å². The maximum absolute atomic E-state index is 6.07. The number of nitrogens with one attached hydrogen (secondary N) is 1. The first kappa shape index (κ1) is 13.8. The third-order valence-electron chi connectivity index (χ3n) is 5.08. The van der Waals surface area contributed by atoms with Crippen LogP contribution in [0.4, 0.5) is 0 Å². The highest BCUT2D eigenvalue weighted by Gasteiger charge is 2.37. The molecule has 3 heterocycles. The quantitative estimate of drug-likeness (QED) is 0.890. The second kappa shape index (κ2) is 5.41. The van der Waals surface area contributed by atoms with Gasteiger partial charge in [-0.2, -0.15) is 0 Å². The van der Waals surface area contributed by atoms with Crippen molar-refractivity contribution in [1.82, 2.24) is 10.2 Å². The van der Waals surface area contributed by atoms with Crippen molar-refractivity contribution in [1.29, 1.82) is 0 Å². The van der Waals surface area contributed by atoms with Crippen LogP contribution in [0.5, 0.6) is 0 Å². The van der Waals surface area contributed by atoms with Gasteiger partial charge >= 0.3 is 0 Å². The average Bonchev–Trinajstić information content (AvgIpc) is 3.09. The fourth-order valence-electron chi connectivity index (χ4n) is 3.82. The van der Waals surface area contributed by atoms with Crippen LogP contribution < -0.4 is 5.32 Å². The van der Waals surface area contributed by atoms with Gasteiger partial charge in [0, 0.05) is 29.0 Å². The van der Waals surface area contributed by atoms with Gasteiger partial charge in [-0.15, -0.1) is 0 Å². The summed E-state index contributed by atoms with van der Waals surface area (Å²) in [6, 6.07) is 9.43. The second-order valence-electron chi connectivity index (χ2n) is 6.42. The predicted octanol–water partition coefficient (Wildman–Crippen LogP) is 3.94. The molecule has 4 heteroatoms. The van der Waals surface area contributed by atoms with E-state index < -0.39 is 0 Å². The summed E-state index contributed by atoms with van der Waals surface area (Å²) in [4.78, 5) is 2.57. The molecule has 3 unspecified atom stereocenters. The molecule has 1 N–H and O–H groups in total. The van der Waals surface area contributed by atoms with Gasteiger partial charge in [0.15, 0.2) is 0 Å². The van der Waals surface area contributed by atoms with Crippen molar-refractivity contribution >= 4 is 26.9 Å². The van der Waals surface area contributed by atoms with Crippen molar-refractivity contribution in [2.45, 2.75) is 31.8 Å². The van der Waals surface area contributed by atoms with E-state index in [0.29, 0.717) is 12.1 Å². The number of furan rings is 1. The Morgan fingerprint density at radius 2 is 2.24 bits per heavy atom. The van der Waals surface area contributed by atoms with Crippen LogP contribution in [0.3, 0.4) is 0 Å². The molecule has 1 aromatic heterocycles.